The molecule has 0 bridgehead atoms. The van der Waals surface area contributed by atoms with Gasteiger partial charge in [0.1, 0.15) is 18.3 Å². The van der Waals surface area contributed by atoms with E-state index in [1.165, 1.54) is 11.8 Å². The molecule has 0 aromatic heterocycles. The molecular formula is C13H16N4O7S. The van der Waals surface area contributed by atoms with Crippen molar-refractivity contribution in [3.05, 3.63) is 38.4 Å². The summed E-state index contributed by atoms with van der Waals surface area (Å²) in [5.74, 6) is -1.32. The van der Waals surface area contributed by atoms with Crippen LogP contribution in [-0.4, -0.2) is 51.4 Å². The van der Waals surface area contributed by atoms with Crippen LogP contribution in [-0.2, 0) is 9.59 Å². The number of nitrogens with one attached hydrogen (secondary N) is 2. The maximum Gasteiger partial charge on any atom is 0.322 e. The van der Waals surface area contributed by atoms with Gasteiger partial charge in [-0.3, -0.25) is 29.8 Å². The van der Waals surface area contributed by atoms with E-state index in [-0.39, 0.29) is 12.1 Å². The van der Waals surface area contributed by atoms with Crippen LogP contribution >= 0.6 is 11.8 Å². The van der Waals surface area contributed by atoms with Gasteiger partial charge in [-0.1, -0.05) is 0 Å². The number of carbonyl (C=O) groups is 2. The lowest BCUT2D eigenvalue weighted by Gasteiger charge is -2.18. The van der Waals surface area contributed by atoms with E-state index in [1.54, 1.807) is 6.26 Å². The lowest BCUT2D eigenvalue weighted by Crippen LogP contribution is -2.42. The van der Waals surface area contributed by atoms with E-state index in [1.807, 2.05) is 0 Å². The summed E-state index contributed by atoms with van der Waals surface area (Å²) >= 11 is 1.44. The molecule has 1 aromatic rings. The molecule has 136 valence electrons. The first-order valence-corrected chi connectivity index (χ1v) is 8.33. The number of non-ortho nitro benzene ring substituents is 1. The van der Waals surface area contributed by atoms with Gasteiger partial charge in [-0.2, -0.15) is 11.8 Å². The number of nitrogens with zero attached hydrogens (tertiary/aromatic N) is 2. The Morgan fingerprint density at radius 1 is 1.28 bits per heavy atom. The van der Waals surface area contributed by atoms with Crippen molar-refractivity contribution in [2.45, 2.75) is 12.5 Å². The smallest absolute Gasteiger partial charge is 0.322 e. The van der Waals surface area contributed by atoms with Gasteiger partial charge in [-0.05, 0) is 24.5 Å². The summed E-state index contributed by atoms with van der Waals surface area (Å²) in [7, 11) is 0. The third-order valence-corrected chi connectivity index (χ3v) is 3.70. The Labute approximate surface area is 146 Å². The first-order chi connectivity index (χ1) is 11.8. The largest absolute Gasteiger partial charge is 0.480 e. The van der Waals surface area contributed by atoms with Crippen molar-refractivity contribution in [3.8, 4) is 0 Å². The fourth-order valence-electron chi connectivity index (χ4n) is 1.88. The average Bonchev–Trinajstić information content (AvgIpc) is 2.56. The van der Waals surface area contributed by atoms with Crippen molar-refractivity contribution >= 4 is 40.7 Å². The lowest BCUT2D eigenvalue weighted by atomic mass is 10.1. The minimum atomic E-state index is -1.22. The summed E-state index contributed by atoms with van der Waals surface area (Å²) < 4.78 is 0. The molecule has 0 saturated carbocycles. The number of hydrogen-bond acceptors (Lipinski definition) is 8. The molecule has 0 spiro atoms. The van der Waals surface area contributed by atoms with Gasteiger partial charge in [0.05, 0.1) is 15.9 Å². The van der Waals surface area contributed by atoms with E-state index >= 15 is 0 Å². The third-order valence-electron chi connectivity index (χ3n) is 3.06. The van der Waals surface area contributed by atoms with E-state index in [0.29, 0.717) is 5.75 Å². The van der Waals surface area contributed by atoms with Crippen LogP contribution in [0.15, 0.2) is 18.2 Å². The number of thioether (sulfide) groups is 1. The van der Waals surface area contributed by atoms with Crippen LogP contribution in [0.1, 0.15) is 6.42 Å². The van der Waals surface area contributed by atoms with E-state index in [4.69, 9.17) is 5.11 Å². The van der Waals surface area contributed by atoms with Gasteiger partial charge in [0.2, 0.25) is 5.91 Å². The molecular weight excluding hydrogens is 356 g/mol. The summed E-state index contributed by atoms with van der Waals surface area (Å²) in [6, 6.07) is 2.10. The number of anilines is 1. The summed E-state index contributed by atoms with van der Waals surface area (Å²) in [5, 5.41) is 35.4. The fourth-order valence-corrected chi connectivity index (χ4v) is 2.36. The van der Waals surface area contributed by atoms with Crippen LogP contribution in [0.5, 0.6) is 0 Å². The van der Waals surface area contributed by atoms with Crippen LogP contribution in [0.2, 0.25) is 0 Å². The first kappa shape index (κ1) is 20.2. The van der Waals surface area contributed by atoms with Gasteiger partial charge in [0.25, 0.3) is 11.4 Å². The highest BCUT2D eigenvalue weighted by Crippen LogP contribution is 2.29. The molecule has 0 heterocycles. The predicted molar refractivity (Wildman–Crippen MR) is 90.8 cm³/mol. The van der Waals surface area contributed by atoms with Gasteiger partial charge in [0, 0.05) is 6.07 Å². The molecule has 25 heavy (non-hydrogen) atoms. The van der Waals surface area contributed by atoms with Crippen LogP contribution in [0.4, 0.5) is 17.1 Å². The Hall–Kier alpha value is -2.89. The topological polar surface area (TPSA) is 165 Å². The molecule has 3 N–H and O–H groups in total. The van der Waals surface area contributed by atoms with Gasteiger partial charge in [0.15, 0.2) is 0 Å². The number of carboxylic acids is 1. The number of benzene rings is 1. The van der Waals surface area contributed by atoms with Crippen molar-refractivity contribution in [1.82, 2.24) is 5.32 Å². The predicted octanol–water partition coefficient (Wildman–Crippen LogP) is 1.24. The maximum absolute atomic E-state index is 12.1. The Balaban J connectivity index is 3.05. The monoisotopic (exact) mass is 372 g/mol. The van der Waals surface area contributed by atoms with Gasteiger partial charge >= 0.3 is 5.97 Å². The molecule has 1 aromatic carbocycles. The molecule has 0 aliphatic heterocycles. The van der Waals surface area contributed by atoms with E-state index in [9.17, 15) is 29.8 Å². The average molecular weight is 372 g/mol. The van der Waals surface area contributed by atoms with Gasteiger partial charge in [-0.25, -0.2) is 0 Å². The van der Waals surface area contributed by atoms with Crippen molar-refractivity contribution < 1.29 is 24.5 Å². The molecule has 0 radical (unpaired) electrons. The molecule has 0 fully saturated rings. The Kier molecular flexibility index (Phi) is 7.59. The second-order valence-electron chi connectivity index (χ2n) is 4.81. The molecule has 0 aliphatic rings. The molecule has 11 nitrogen and oxygen atoms in total. The summed E-state index contributed by atoms with van der Waals surface area (Å²) in [5.41, 5.74) is -1.06. The number of amides is 1. The zero-order valence-electron chi connectivity index (χ0n) is 13.1. The second-order valence-corrected chi connectivity index (χ2v) is 5.79. The highest BCUT2D eigenvalue weighted by molar-refractivity contribution is 7.98. The number of carbonyl (C=O) groups excluding carboxylic acids is 1. The van der Waals surface area contributed by atoms with Gasteiger partial charge in [-0.15, -0.1) is 0 Å². The van der Waals surface area contributed by atoms with Crippen LogP contribution in [0, 0.1) is 20.2 Å². The Morgan fingerprint density at radius 2 is 1.96 bits per heavy atom. The minimum absolute atomic E-state index is 0.0628. The molecule has 0 aliphatic carbocycles. The summed E-state index contributed by atoms with van der Waals surface area (Å²) in [4.78, 5) is 43.0. The number of carboxylic acid groups (broad SMARTS) is 1. The van der Waals surface area contributed by atoms with Crippen LogP contribution < -0.4 is 10.6 Å². The van der Waals surface area contributed by atoms with E-state index in [0.717, 1.165) is 18.2 Å². The zero-order chi connectivity index (χ0) is 19.0. The molecule has 1 atom stereocenters. The zero-order valence-corrected chi connectivity index (χ0v) is 13.9. The molecule has 1 amide bonds. The van der Waals surface area contributed by atoms with Crippen molar-refractivity contribution in [3.63, 3.8) is 0 Å². The molecule has 12 heteroatoms. The Morgan fingerprint density at radius 3 is 2.48 bits per heavy atom. The second kappa shape index (κ2) is 9.42. The number of hydrogen-bond donors (Lipinski definition) is 3. The van der Waals surface area contributed by atoms with Crippen molar-refractivity contribution in [1.29, 1.82) is 0 Å². The van der Waals surface area contributed by atoms with E-state index < -0.39 is 45.7 Å². The summed E-state index contributed by atoms with van der Waals surface area (Å²) in [6.07, 6.45) is 2.08. The van der Waals surface area contributed by atoms with E-state index in [2.05, 4.69) is 10.6 Å². The molecule has 0 saturated heterocycles. The number of aliphatic carboxylic acids is 1. The fraction of sp³-hybridized carbons (Fsp3) is 0.385. The number of rotatable bonds is 10. The highest BCUT2D eigenvalue weighted by Gasteiger charge is 2.24. The molecule has 1 unspecified atom stereocenters. The normalized spacial score (nSPS) is 11.4. The highest BCUT2D eigenvalue weighted by atomic mass is 32.2. The summed E-state index contributed by atoms with van der Waals surface area (Å²) in [6.45, 7) is -0.585. The number of nitro benzene ring substituents is 2. The third kappa shape index (κ3) is 6.25. The Bertz CT molecular complexity index is 682. The number of nitro groups is 2. The van der Waals surface area contributed by atoms with Crippen molar-refractivity contribution in [2.24, 2.45) is 0 Å². The quantitative estimate of drug-likeness (QED) is 0.404. The van der Waals surface area contributed by atoms with Crippen LogP contribution in [0.25, 0.3) is 0 Å². The first-order valence-electron chi connectivity index (χ1n) is 6.94. The van der Waals surface area contributed by atoms with Crippen LogP contribution in [0.3, 0.4) is 0 Å². The van der Waals surface area contributed by atoms with Crippen molar-refractivity contribution in [2.75, 3.05) is 23.9 Å². The molecule has 1 rings (SSSR count). The lowest BCUT2D eigenvalue weighted by molar-refractivity contribution is -0.393. The SMILES string of the molecule is CSCCC(Nc1ccc([N+](=O)[O-])cc1[N+](=O)[O-])C(=O)NCC(=O)O. The maximum atomic E-state index is 12.1. The van der Waals surface area contributed by atoms with Gasteiger partial charge < -0.3 is 15.7 Å². The standard InChI is InChI=1S/C13H16N4O7S/c1-25-5-4-10(13(20)14-7-12(18)19)15-9-3-2-8(16(21)22)6-11(9)17(23)24/h2-3,6,10,15H,4-5,7H2,1H3,(H,14,20)(H,18,19). The minimum Gasteiger partial charge on any atom is -0.480 e.